The second kappa shape index (κ2) is 7.62. The number of carbonyl (C=O) groups is 1. The Hall–Kier alpha value is -2.79. The van der Waals surface area contributed by atoms with E-state index in [0.717, 1.165) is 11.3 Å². The molecule has 134 valence electrons. The minimum atomic E-state index is -0.131. The third-order valence-corrected chi connectivity index (χ3v) is 4.16. The summed E-state index contributed by atoms with van der Waals surface area (Å²) in [6.45, 7) is 4.04. The predicted molar refractivity (Wildman–Crippen MR) is 101 cm³/mol. The monoisotopic (exact) mass is 370 g/mol. The van der Waals surface area contributed by atoms with E-state index in [-0.39, 0.29) is 12.4 Å². The Bertz CT molecular complexity index is 949. The Morgan fingerprint density at radius 3 is 2.81 bits per heavy atom. The van der Waals surface area contributed by atoms with Crippen molar-refractivity contribution in [1.29, 1.82) is 0 Å². The molecule has 5 nitrogen and oxygen atoms in total. The maximum atomic E-state index is 12.2. The van der Waals surface area contributed by atoms with Gasteiger partial charge in [-0.1, -0.05) is 23.7 Å². The Kier molecular flexibility index (Phi) is 5.28. The van der Waals surface area contributed by atoms with Crippen LogP contribution in [0.5, 0.6) is 5.75 Å². The van der Waals surface area contributed by atoms with Crippen molar-refractivity contribution in [1.82, 2.24) is 9.78 Å². The van der Waals surface area contributed by atoms with E-state index in [2.05, 4.69) is 5.10 Å². The summed E-state index contributed by atoms with van der Waals surface area (Å²) in [4.78, 5) is 12.2. The average molecular weight is 371 g/mol. The topological polar surface area (TPSA) is 57.3 Å². The van der Waals surface area contributed by atoms with Crippen molar-refractivity contribution in [2.75, 3.05) is 0 Å². The molecule has 0 radical (unpaired) electrons. The summed E-state index contributed by atoms with van der Waals surface area (Å²) < 4.78 is 13.0. The van der Waals surface area contributed by atoms with E-state index in [1.54, 1.807) is 36.0 Å². The lowest BCUT2D eigenvalue weighted by Gasteiger charge is -2.09. The van der Waals surface area contributed by atoms with Gasteiger partial charge in [0.05, 0.1) is 10.7 Å². The molecule has 0 aliphatic heterocycles. The first-order chi connectivity index (χ1) is 12.4. The summed E-state index contributed by atoms with van der Waals surface area (Å²) in [7, 11) is 1.74. The highest BCUT2D eigenvalue weighted by Gasteiger charge is 2.10. The van der Waals surface area contributed by atoms with Crippen molar-refractivity contribution in [2.45, 2.75) is 20.5 Å². The molecule has 1 aromatic carbocycles. The molecule has 0 saturated heterocycles. The number of aromatic nitrogens is 2. The van der Waals surface area contributed by atoms with Crippen LogP contribution in [-0.2, 0) is 13.7 Å². The number of furan rings is 1. The first kappa shape index (κ1) is 18.0. The highest BCUT2D eigenvalue weighted by Crippen LogP contribution is 2.28. The first-order valence-electron chi connectivity index (χ1n) is 8.13. The van der Waals surface area contributed by atoms with Gasteiger partial charge in [-0.2, -0.15) is 5.10 Å². The molecule has 0 N–H and O–H groups in total. The number of hydrogen-bond acceptors (Lipinski definition) is 4. The van der Waals surface area contributed by atoms with Gasteiger partial charge in [-0.15, -0.1) is 0 Å². The molecule has 0 amide bonds. The standard InChI is InChI=1S/C20H19ClN2O3/c1-13-5-4-6-17(21)20(13)25-12-16-8-7-15(26-16)9-10-19(24)18-11-14(2)22-23(18)3/h4-11H,12H2,1-3H3/b10-9+. The zero-order valence-corrected chi connectivity index (χ0v) is 15.6. The molecule has 26 heavy (non-hydrogen) atoms. The molecule has 2 aromatic heterocycles. The lowest BCUT2D eigenvalue weighted by Crippen LogP contribution is -2.03. The molecule has 0 bridgehead atoms. The molecule has 0 aliphatic rings. The zero-order chi connectivity index (χ0) is 18.7. The maximum absolute atomic E-state index is 12.2. The van der Waals surface area contributed by atoms with Crippen molar-refractivity contribution in [3.63, 3.8) is 0 Å². The maximum Gasteiger partial charge on any atom is 0.203 e. The van der Waals surface area contributed by atoms with Crippen molar-refractivity contribution in [3.8, 4) is 5.75 Å². The Morgan fingerprint density at radius 1 is 1.31 bits per heavy atom. The number of allylic oxidation sites excluding steroid dienone is 1. The second-order valence-corrected chi connectivity index (χ2v) is 6.38. The van der Waals surface area contributed by atoms with Crippen molar-refractivity contribution >= 4 is 23.5 Å². The summed E-state index contributed by atoms with van der Waals surface area (Å²) in [6, 6.07) is 10.9. The van der Waals surface area contributed by atoms with Crippen LogP contribution < -0.4 is 4.74 Å². The molecule has 3 rings (SSSR count). The fourth-order valence-corrected chi connectivity index (χ4v) is 2.87. The van der Waals surface area contributed by atoms with Crippen molar-refractivity contribution < 1.29 is 13.9 Å². The van der Waals surface area contributed by atoms with Gasteiger partial charge in [0.25, 0.3) is 0 Å². The summed E-state index contributed by atoms with van der Waals surface area (Å²) >= 11 is 6.15. The number of para-hydroxylation sites is 1. The minimum absolute atomic E-state index is 0.131. The van der Waals surface area contributed by atoms with E-state index in [1.165, 1.54) is 6.08 Å². The lowest BCUT2D eigenvalue weighted by molar-refractivity contribution is 0.103. The van der Waals surface area contributed by atoms with Gasteiger partial charge in [-0.05, 0) is 55.8 Å². The van der Waals surface area contributed by atoms with Crippen molar-refractivity contribution in [3.05, 3.63) is 76.0 Å². The normalized spacial score (nSPS) is 11.2. The number of hydrogen-bond donors (Lipinski definition) is 0. The van der Waals surface area contributed by atoms with E-state index in [9.17, 15) is 4.79 Å². The van der Waals surface area contributed by atoms with Crippen LogP contribution in [0.25, 0.3) is 6.08 Å². The summed E-state index contributed by atoms with van der Waals surface area (Å²) in [5.41, 5.74) is 2.29. The largest absolute Gasteiger partial charge is 0.484 e. The van der Waals surface area contributed by atoms with Crippen LogP contribution in [0.2, 0.25) is 5.02 Å². The highest BCUT2D eigenvalue weighted by atomic mass is 35.5. The molecule has 6 heteroatoms. The summed E-state index contributed by atoms with van der Waals surface area (Å²) in [5.74, 6) is 1.73. The molecule has 0 unspecified atom stereocenters. The number of nitrogens with zero attached hydrogens (tertiary/aromatic N) is 2. The van der Waals surface area contributed by atoms with Crippen LogP contribution >= 0.6 is 11.6 Å². The van der Waals surface area contributed by atoms with Gasteiger partial charge in [0.1, 0.15) is 29.6 Å². The number of benzene rings is 1. The molecule has 0 atom stereocenters. The number of ketones is 1. The molecular formula is C20H19ClN2O3. The van der Waals surface area contributed by atoms with E-state index in [0.29, 0.717) is 28.0 Å². The van der Waals surface area contributed by atoms with Gasteiger partial charge >= 0.3 is 0 Å². The number of carbonyl (C=O) groups excluding carboxylic acids is 1. The van der Waals surface area contributed by atoms with Gasteiger partial charge in [-0.3, -0.25) is 9.48 Å². The molecule has 2 heterocycles. The lowest BCUT2D eigenvalue weighted by atomic mass is 10.2. The Balaban J connectivity index is 1.64. The van der Waals surface area contributed by atoms with E-state index in [4.69, 9.17) is 20.8 Å². The predicted octanol–water partition coefficient (Wildman–Crippen LogP) is 4.76. The smallest absolute Gasteiger partial charge is 0.203 e. The number of halogens is 1. The molecule has 3 aromatic rings. The van der Waals surface area contributed by atoms with Crippen LogP contribution in [0.4, 0.5) is 0 Å². The highest BCUT2D eigenvalue weighted by molar-refractivity contribution is 6.32. The third-order valence-electron chi connectivity index (χ3n) is 3.86. The minimum Gasteiger partial charge on any atom is -0.484 e. The second-order valence-electron chi connectivity index (χ2n) is 5.97. The Labute approximate surface area is 156 Å². The fraction of sp³-hybridized carbons (Fsp3) is 0.200. The number of rotatable bonds is 6. The number of ether oxygens (including phenoxy) is 1. The van der Waals surface area contributed by atoms with Gasteiger partial charge < -0.3 is 9.15 Å². The third kappa shape index (κ3) is 4.06. The quantitative estimate of drug-likeness (QED) is 0.463. The van der Waals surface area contributed by atoms with Crippen LogP contribution in [0.1, 0.15) is 33.3 Å². The van der Waals surface area contributed by atoms with Crippen LogP contribution in [0.3, 0.4) is 0 Å². The first-order valence-corrected chi connectivity index (χ1v) is 8.51. The summed E-state index contributed by atoms with van der Waals surface area (Å²) in [5, 5.41) is 4.73. The molecule has 0 saturated carbocycles. The fourth-order valence-electron chi connectivity index (χ4n) is 2.59. The van der Waals surface area contributed by atoms with Crippen LogP contribution in [0, 0.1) is 13.8 Å². The van der Waals surface area contributed by atoms with Gasteiger partial charge in [0.2, 0.25) is 5.78 Å². The number of aryl methyl sites for hydroxylation is 3. The SMILES string of the molecule is Cc1cc(C(=O)/C=C/c2ccc(COc3c(C)cccc3Cl)o2)n(C)n1. The molecule has 0 aliphatic carbocycles. The molecular weight excluding hydrogens is 352 g/mol. The van der Waals surface area contributed by atoms with E-state index in [1.807, 2.05) is 32.0 Å². The zero-order valence-electron chi connectivity index (χ0n) is 14.8. The molecule has 0 fully saturated rings. The van der Waals surface area contributed by atoms with E-state index >= 15 is 0 Å². The van der Waals surface area contributed by atoms with E-state index < -0.39 is 0 Å². The Morgan fingerprint density at radius 2 is 2.12 bits per heavy atom. The van der Waals surface area contributed by atoms with Crippen LogP contribution in [-0.4, -0.2) is 15.6 Å². The van der Waals surface area contributed by atoms with Crippen LogP contribution in [0.15, 0.2) is 46.9 Å². The van der Waals surface area contributed by atoms with Gasteiger partial charge in [0, 0.05) is 7.05 Å². The van der Waals surface area contributed by atoms with Gasteiger partial charge in [-0.25, -0.2) is 0 Å². The summed E-state index contributed by atoms with van der Waals surface area (Å²) in [6.07, 6.45) is 3.10. The average Bonchev–Trinajstić information content (AvgIpc) is 3.18. The molecule has 0 spiro atoms. The van der Waals surface area contributed by atoms with Crippen molar-refractivity contribution in [2.24, 2.45) is 7.05 Å². The van der Waals surface area contributed by atoms with Gasteiger partial charge in [0.15, 0.2) is 0 Å².